The molecule has 0 bridgehead atoms. The van der Waals surface area contributed by atoms with Crippen molar-refractivity contribution in [3.63, 3.8) is 0 Å². The van der Waals surface area contributed by atoms with Crippen molar-refractivity contribution in [2.45, 2.75) is 37.8 Å². The minimum atomic E-state index is 0.0627. The second kappa shape index (κ2) is 8.51. The minimum absolute atomic E-state index is 0.0627. The third-order valence-electron chi connectivity index (χ3n) is 4.06. The lowest BCUT2D eigenvalue weighted by molar-refractivity contribution is -0.125. The molecule has 1 N–H and O–H groups in total. The lowest BCUT2D eigenvalue weighted by Gasteiger charge is -2.26. The van der Waals surface area contributed by atoms with Crippen LogP contribution in [0.25, 0.3) is 0 Å². The van der Waals surface area contributed by atoms with Crippen molar-refractivity contribution in [3.8, 4) is 0 Å². The Hall–Kier alpha value is -1.10. The summed E-state index contributed by atoms with van der Waals surface area (Å²) in [6.45, 7) is 1.36. The van der Waals surface area contributed by atoms with Gasteiger partial charge in [0.15, 0.2) is 0 Å². The van der Waals surface area contributed by atoms with Crippen molar-refractivity contribution < 1.29 is 9.53 Å². The number of nitrogens with zero attached hydrogens (tertiary/aromatic N) is 1. The smallest absolute Gasteiger partial charge is 0.222 e. The number of nitrogens with one attached hydrogen (secondary N) is 1. The zero-order chi connectivity index (χ0) is 15.9. The van der Waals surface area contributed by atoms with Crippen LogP contribution in [0, 0.1) is 0 Å². The van der Waals surface area contributed by atoms with Crippen molar-refractivity contribution >= 4 is 17.5 Å². The van der Waals surface area contributed by atoms with Crippen LogP contribution in [0.3, 0.4) is 0 Å². The van der Waals surface area contributed by atoms with Crippen molar-refractivity contribution in [2.24, 2.45) is 0 Å². The summed E-state index contributed by atoms with van der Waals surface area (Å²) in [5.74, 6) is 0.0627. The van der Waals surface area contributed by atoms with Gasteiger partial charge in [-0.05, 0) is 51.1 Å². The Morgan fingerprint density at radius 3 is 2.68 bits per heavy atom. The SMILES string of the molecule is CN(C)C(CNC(=O)CC1CCCCO1)c1ccc(Cl)cc1. The van der Waals surface area contributed by atoms with Gasteiger partial charge in [0, 0.05) is 18.2 Å². The summed E-state index contributed by atoms with van der Waals surface area (Å²) in [7, 11) is 4.02. The van der Waals surface area contributed by atoms with Gasteiger partial charge in [-0.15, -0.1) is 0 Å². The van der Waals surface area contributed by atoms with Crippen molar-refractivity contribution in [1.82, 2.24) is 10.2 Å². The van der Waals surface area contributed by atoms with E-state index in [4.69, 9.17) is 16.3 Å². The van der Waals surface area contributed by atoms with Gasteiger partial charge in [-0.1, -0.05) is 23.7 Å². The van der Waals surface area contributed by atoms with Gasteiger partial charge in [-0.3, -0.25) is 4.79 Å². The summed E-state index contributed by atoms with van der Waals surface area (Å²) in [6.07, 6.45) is 3.80. The van der Waals surface area contributed by atoms with E-state index in [1.54, 1.807) is 0 Å². The van der Waals surface area contributed by atoms with E-state index >= 15 is 0 Å². The summed E-state index contributed by atoms with van der Waals surface area (Å²) < 4.78 is 5.61. The standard InChI is InChI=1S/C17H25ClN2O2/c1-20(2)16(13-6-8-14(18)9-7-13)12-19-17(21)11-15-5-3-4-10-22-15/h6-9,15-16H,3-5,10-12H2,1-2H3,(H,19,21). The minimum Gasteiger partial charge on any atom is -0.378 e. The molecule has 22 heavy (non-hydrogen) atoms. The zero-order valence-corrected chi connectivity index (χ0v) is 14.1. The number of rotatable bonds is 6. The Kier molecular flexibility index (Phi) is 6.68. The number of hydrogen-bond donors (Lipinski definition) is 1. The Bertz CT molecular complexity index is 470. The second-order valence-electron chi connectivity index (χ2n) is 6.03. The molecule has 1 heterocycles. The highest BCUT2D eigenvalue weighted by Crippen LogP contribution is 2.20. The van der Waals surface area contributed by atoms with Crippen LogP contribution in [-0.4, -0.2) is 44.2 Å². The number of carbonyl (C=O) groups is 1. The van der Waals surface area contributed by atoms with Gasteiger partial charge in [0.2, 0.25) is 5.91 Å². The van der Waals surface area contributed by atoms with Crippen LogP contribution < -0.4 is 5.32 Å². The van der Waals surface area contributed by atoms with E-state index in [9.17, 15) is 4.79 Å². The Morgan fingerprint density at radius 1 is 1.36 bits per heavy atom. The molecule has 1 saturated heterocycles. The average molecular weight is 325 g/mol. The first-order chi connectivity index (χ1) is 10.6. The van der Waals surface area contributed by atoms with E-state index in [1.165, 1.54) is 0 Å². The highest BCUT2D eigenvalue weighted by Gasteiger charge is 2.19. The number of likely N-dealkylation sites (N-methyl/N-ethyl adjacent to an activating group) is 1. The topological polar surface area (TPSA) is 41.6 Å². The molecule has 4 nitrogen and oxygen atoms in total. The predicted molar refractivity (Wildman–Crippen MR) is 89.1 cm³/mol. The average Bonchev–Trinajstić information content (AvgIpc) is 2.50. The van der Waals surface area contributed by atoms with Crippen molar-refractivity contribution in [3.05, 3.63) is 34.9 Å². The zero-order valence-electron chi connectivity index (χ0n) is 13.3. The molecule has 0 aliphatic carbocycles. The molecule has 1 fully saturated rings. The molecule has 2 rings (SSSR count). The summed E-state index contributed by atoms with van der Waals surface area (Å²) in [4.78, 5) is 14.2. The fraction of sp³-hybridized carbons (Fsp3) is 0.588. The van der Waals surface area contributed by atoms with Crippen molar-refractivity contribution in [2.75, 3.05) is 27.2 Å². The molecular formula is C17H25ClN2O2. The molecule has 1 aliphatic heterocycles. The Labute approximate surface area is 137 Å². The van der Waals surface area contributed by atoms with Crippen LogP contribution in [0.1, 0.15) is 37.3 Å². The monoisotopic (exact) mass is 324 g/mol. The number of ether oxygens (including phenoxy) is 1. The third-order valence-corrected chi connectivity index (χ3v) is 4.31. The maximum absolute atomic E-state index is 12.1. The van der Waals surface area contributed by atoms with Gasteiger partial charge >= 0.3 is 0 Å². The number of carbonyl (C=O) groups excluding carboxylic acids is 1. The highest BCUT2D eigenvalue weighted by molar-refractivity contribution is 6.30. The second-order valence-corrected chi connectivity index (χ2v) is 6.46. The summed E-state index contributed by atoms with van der Waals surface area (Å²) in [5.41, 5.74) is 1.14. The van der Waals surface area contributed by atoms with Gasteiger partial charge in [-0.2, -0.15) is 0 Å². The lowest BCUT2D eigenvalue weighted by atomic mass is 10.0. The molecule has 1 aromatic carbocycles. The molecule has 1 amide bonds. The van der Waals surface area contributed by atoms with Crippen LogP contribution in [0.15, 0.2) is 24.3 Å². The summed E-state index contributed by atoms with van der Waals surface area (Å²) in [6, 6.07) is 7.90. The molecule has 5 heteroatoms. The Balaban J connectivity index is 1.85. The van der Waals surface area contributed by atoms with Gasteiger partial charge < -0.3 is 15.0 Å². The molecule has 1 aromatic rings. The maximum Gasteiger partial charge on any atom is 0.222 e. The largest absolute Gasteiger partial charge is 0.378 e. The van der Waals surface area contributed by atoms with Gasteiger partial charge in [0.25, 0.3) is 0 Å². The van der Waals surface area contributed by atoms with Crippen LogP contribution in [0.2, 0.25) is 5.02 Å². The van der Waals surface area contributed by atoms with Gasteiger partial charge in [-0.25, -0.2) is 0 Å². The first-order valence-corrected chi connectivity index (χ1v) is 8.24. The predicted octanol–water partition coefficient (Wildman–Crippen LogP) is 3.02. The normalized spacial score (nSPS) is 19.9. The number of benzene rings is 1. The Morgan fingerprint density at radius 2 is 2.09 bits per heavy atom. The van der Waals surface area contributed by atoms with Crippen LogP contribution >= 0.6 is 11.6 Å². The quantitative estimate of drug-likeness (QED) is 0.874. The van der Waals surface area contributed by atoms with E-state index in [-0.39, 0.29) is 18.1 Å². The number of hydrogen-bond acceptors (Lipinski definition) is 3. The molecule has 122 valence electrons. The van der Waals surface area contributed by atoms with E-state index in [1.807, 2.05) is 38.4 Å². The van der Waals surface area contributed by atoms with Gasteiger partial charge in [0.1, 0.15) is 0 Å². The van der Waals surface area contributed by atoms with E-state index in [0.717, 1.165) is 36.5 Å². The third kappa shape index (κ3) is 5.27. The van der Waals surface area contributed by atoms with Crippen LogP contribution in [0.4, 0.5) is 0 Å². The maximum atomic E-state index is 12.1. The first-order valence-electron chi connectivity index (χ1n) is 7.86. The molecule has 0 radical (unpaired) electrons. The molecule has 0 spiro atoms. The van der Waals surface area contributed by atoms with E-state index in [0.29, 0.717) is 13.0 Å². The summed E-state index contributed by atoms with van der Waals surface area (Å²) in [5, 5.41) is 3.75. The molecule has 0 aromatic heterocycles. The first kappa shape index (κ1) is 17.3. The van der Waals surface area contributed by atoms with Crippen molar-refractivity contribution in [1.29, 1.82) is 0 Å². The number of amides is 1. The van der Waals surface area contributed by atoms with E-state index < -0.39 is 0 Å². The highest BCUT2D eigenvalue weighted by atomic mass is 35.5. The molecule has 2 atom stereocenters. The molecular weight excluding hydrogens is 300 g/mol. The fourth-order valence-corrected chi connectivity index (χ4v) is 2.87. The molecule has 1 aliphatic rings. The summed E-state index contributed by atoms with van der Waals surface area (Å²) >= 11 is 5.93. The molecule has 0 saturated carbocycles. The lowest BCUT2D eigenvalue weighted by Crippen LogP contribution is -2.36. The fourth-order valence-electron chi connectivity index (χ4n) is 2.74. The number of halogens is 1. The van der Waals surface area contributed by atoms with Gasteiger partial charge in [0.05, 0.1) is 18.6 Å². The van der Waals surface area contributed by atoms with Crippen LogP contribution in [0.5, 0.6) is 0 Å². The van der Waals surface area contributed by atoms with E-state index in [2.05, 4.69) is 10.2 Å². The van der Waals surface area contributed by atoms with Crippen LogP contribution in [-0.2, 0) is 9.53 Å². The molecule has 2 unspecified atom stereocenters.